The maximum atomic E-state index is 12.3. The summed E-state index contributed by atoms with van der Waals surface area (Å²) in [6, 6.07) is 4.49. The van der Waals surface area contributed by atoms with Crippen LogP contribution in [0, 0.1) is 0 Å². The molecule has 1 saturated carbocycles. The lowest BCUT2D eigenvalue weighted by atomic mass is 9.64. The summed E-state index contributed by atoms with van der Waals surface area (Å²) in [6.45, 7) is 0.360. The number of carboxylic acids is 1. The minimum atomic E-state index is -3.51. The maximum Gasteiger partial charge on any atom is 0.314 e. The number of sulfone groups is 1. The van der Waals surface area contributed by atoms with Crippen LogP contribution in [0.5, 0.6) is 0 Å². The summed E-state index contributed by atoms with van der Waals surface area (Å²) in [6.07, 6.45) is 1.96. The monoisotopic (exact) mass is 330 g/mol. The second-order valence-electron chi connectivity index (χ2n) is 5.59. The van der Waals surface area contributed by atoms with Gasteiger partial charge in [0.25, 0.3) is 0 Å². The van der Waals surface area contributed by atoms with Crippen molar-refractivity contribution in [1.82, 2.24) is 0 Å². The normalized spacial score (nSPS) is 21.4. The topological polar surface area (TPSA) is 80.7 Å². The highest BCUT2D eigenvalue weighted by atomic mass is 35.5. The number of carboxylic acid groups (broad SMARTS) is 1. The Hall–Kier alpha value is -1.11. The molecule has 1 aromatic carbocycles. The number of aliphatic carboxylic acids is 1. The zero-order valence-corrected chi connectivity index (χ0v) is 12.8. The number of hydrogen-bond acceptors (Lipinski definition) is 4. The molecule has 0 radical (unpaired) electrons. The van der Waals surface area contributed by atoms with Gasteiger partial charge >= 0.3 is 5.97 Å². The molecule has 7 heteroatoms. The van der Waals surface area contributed by atoms with Gasteiger partial charge in [0, 0.05) is 0 Å². The van der Waals surface area contributed by atoms with Crippen molar-refractivity contribution in [2.75, 3.05) is 13.2 Å². The van der Waals surface area contributed by atoms with E-state index in [2.05, 4.69) is 0 Å². The lowest BCUT2D eigenvalue weighted by Crippen LogP contribution is -2.42. The van der Waals surface area contributed by atoms with Crippen molar-refractivity contribution in [2.45, 2.75) is 34.8 Å². The molecular formula is C14H15ClO5S. The third kappa shape index (κ3) is 2.17. The van der Waals surface area contributed by atoms with Gasteiger partial charge in [0.1, 0.15) is 5.25 Å². The molecule has 21 heavy (non-hydrogen) atoms. The Balaban J connectivity index is 1.99. The van der Waals surface area contributed by atoms with Gasteiger partial charge in [-0.15, -0.1) is 0 Å². The Morgan fingerprint density at radius 2 is 2.00 bits per heavy atom. The summed E-state index contributed by atoms with van der Waals surface area (Å²) in [5.41, 5.74) is -0.332. The van der Waals surface area contributed by atoms with Crippen LogP contribution in [0.2, 0.25) is 5.02 Å². The van der Waals surface area contributed by atoms with E-state index < -0.39 is 26.5 Å². The second-order valence-corrected chi connectivity index (χ2v) is 8.19. The fraction of sp³-hybridized carbons (Fsp3) is 0.500. The van der Waals surface area contributed by atoms with Crippen LogP contribution in [0.3, 0.4) is 0 Å². The van der Waals surface area contributed by atoms with Crippen LogP contribution in [0.1, 0.15) is 24.8 Å². The van der Waals surface area contributed by atoms with Gasteiger partial charge in [-0.05, 0) is 30.5 Å². The van der Waals surface area contributed by atoms with Crippen molar-refractivity contribution in [1.29, 1.82) is 0 Å². The van der Waals surface area contributed by atoms with Crippen LogP contribution in [0.4, 0.5) is 0 Å². The highest BCUT2D eigenvalue weighted by molar-refractivity contribution is 7.92. The van der Waals surface area contributed by atoms with Gasteiger partial charge < -0.3 is 9.84 Å². The maximum absolute atomic E-state index is 12.3. The molecule has 0 bridgehead atoms. The van der Waals surface area contributed by atoms with Crippen LogP contribution < -0.4 is 0 Å². The molecule has 1 aromatic rings. The Labute approximate surface area is 127 Å². The number of carbonyl (C=O) groups is 1. The van der Waals surface area contributed by atoms with Crippen molar-refractivity contribution < 1.29 is 23.1 Å². The third-order valence-corrected chi connectivity index (χ3v) is 7.00. The average molecular weight is 331 g/mol. The molecule has 0 atom stereocenters. The average Bonchev–Trinajstić information content (AvgIpc) is 2.22. The molecule has 0 spiro atoms. The van der Waals surface area contributed by atoms with E-state index in [4.69, 9.17) is 16.3 Å². The molecule has 0 aromatic heterocycles. The molecule has 1 N–H and O–H groups in total. The van der Waals surface area contributed by atoms with Gasteiger partial charge in [0.2, 0.25) is 0 Å². The number of benzene rings is 1. The SMILES string of the molecule is O=C(O)C1(c2ccc(S(=O)(=O)C3COC3)c(Cl)c2)CCC1. The number of halogens is 1. The molecule has 3 rings (SSSR count). The number of rotatable bonds is 4. The second kappa shape index (κ2) is 4.97. The van der Waals surface area contributed by atoms with E-state index in [-0.39, 0.29) is 23.1 Å². The van der Waals surface area contributed by atoms with E-state index >= 15 is 0 Å². The predicted molar refractivity (Wildman–Crippen MR) is 76.4 cm³/mol. The van der Waals surface area contributed by atoms with Gasteiger partial charge in [-0.25, -0.2) is 8.42 Å². The Kier molecular flexibility index (Phi) is 3.50. The first-order valence-corrected chi connectivity index (χ1v) is 8.65. The van der Waals surface area contributed by atoms with E-state index in [0.29, 0.717) is 18.4 Å². The Morgan fingerprint density at radius 1 is 1.33 bits per heavy atom. The van der Waals surface area contributed by atoms with E-state index in [1.807, 2.05) is 0 Å². The zero-order valence-electron chi connectivity index (χ0n) is 11.2. The van der Waals surface area contributed by atoms with Gasteiger partial charge in [-0.3, -0.25) is 4.79 Å². The molecule has 0 amide bonds. The molecule has 114 valence electrons. The van der Waals surface area contributed by atoms with Gasteiger partial charge in [-0.1, -0.05) is 24.1 Å². The van der Waals surface area contributed by atoms with Crippen LogP contribution in [0.25, 0.3) is 0 Å². The summed E-state index contributed by atoms with van der Waals surface area (Å²) >= 11 is 6.12. The first kappa shape index (κ1) is 14.8. The molecule has 1 saturated heterocycles. The molecule has 1 aliphatic heterocycles. The summed E-state index contributed by atoms with van der Waals surface area (Å²) < 4.78 is 29.6. The molecule has 1 aliphatic carbocycles. The lowest BCUT2D eigenvalue weighted by molar-refractivity contribution is -0.147. The highest BCUT2D eigenvalue weighted by Crippen LogP contribution is 2.45. The quantitative estimate of drug-likeness (QED) is 0.913. The van der Waals surface area contributed by atoms with E-state index in [9.17, 15) is 18.3 Å². The fourth-order valence-corrected chi connectivity index (χ4v) is 4.76. The largest absolute Gasteiger partial charge is 0.481 e. The van der Waals surface area contributed by atoms with Crippen molar-refractivity contribution >= 4 is 27.4 Å². The predicted octanol–water partition coefficient (Wildman–Crippen LogP) is 2.02. The van der Waals surface area contributed by atoms with Crippen LogP contribution >= 0.6 is 11.6 Å². The van der Waals surface area contributed by atoms with Crippen LogP contribution in [0.15, 0.2) is 23.1 Å². The molecule has 1 heterocycles. The van der Waals surface area contributed by atoms with Gasteiger partial charge in [-0.2, -0.15) is 0 Å². The summed E-state index contributed by atoms with van der Waals surface area (Å²) in [5.74, 6) is -0.882. The summed E-state index contributed by atoms with van der Waals surface area (Å²) in [5, 5.41) is 8.95. The van der Waals surface area contributed by atoms with Crippen LogP contribution in [-0.4, -0.2) is 38.0 Å². The van der Waals surface area contributed by atoms with Gasteiger partial charge in [0.15, 0.2) is 9.84 Å². The molecule has 0 unspecified atom stereocenters. The summed E-state index contributed by atoms with van der Waals surface area (Å²) in [7, 11) is -3.51. The molecule has 5 nitrogen and oxygen atoms in total. The molecule has 2 aliphatic rings. The number of hydrogen-bond donors (Lipinski definition) is 1. The highest BCUT2D eigenvalue weighted by Gasteiger charge is 2.46. The van der Waals surface area contributed by atoms with Crippen molar-refractivity contribution in [2.24, 2.45) is 0 Å². The zero-order chi connectivity index (χ0) is 15.3. The molecule has 2 fully saturated rings. The first-order valence-electron chi connectivity index (χ1n) is 6.73. The summed E-state index contributed by atoms with van der Waals surface area (Å²) in [4.78, 5) is 11.5. The smallest absolute Gasteiger partial charge is 0.314 e. The van der Waals surface area contributed by atoms with Crippen molar-refractivity contribution in [3.05, 3.63) is 28.8 Å². The minimum absolute atomic E-state index is 0.0566. The van der Waals surface area contributed by atoms with E-state index in [0.717, 1.165) is 6.42 Å². The first-order chi connectivity index (χ1) is 9.88. The van der Waals surface area contributed by atoms with Gasteiger partial charge in [0.05, 0.1) is 28.5 Å². The van der Waals surface area contributed by atoms with E-state index in [1.165, 1.54) is 12.1 Å². The fourth-order valence-electron chi connectivity index (χ4n) is 2.76. The van der Waals surface area contributed by atoms with Crippen molar-refractivity contribution in [3.63, 3.8) is 0 Å². The molecular weight excluding hydrogens is 316 g/mol. The van der Waals surface area contributed by atoms with Crippen molar-refractivity contribution in [3.8, 4) is 0 Å². The minimum Gasteiger partial charge on any atom is -0.481 e. The van der Waals surface area contributed by atoms with E-state index in [1.54, 1.807) is 6.07 Å². The van der Waals surface area contributed by atoms with Crippen LogP contribution in [-0.2, 0) is 24.8 Å². The lowest BCUT2D eigenvalue weighted by Gasteiger charge is -2.38. The third-order valence-electron chi connectivity index (χ3n) is 4.45. The standard InChI is InChI=1S/C14H15ClO5S/c15-11-6-9(14(13(16)17)4-1-5-14)2-3-12(11)21(18,19)10-7-20-8-10/h2-3,6,10H,1,4-5,7-8H2,(H,16,17). The number of ether oxygens (including phenoxy) is 1. The Morgan fingerprint density at radius 3 is 2.38 bits per heavy atom. The Bertz CT molecular complexity index is 689.